The highest BCUT2D eigenvalue weighted by atomic mass is 16.4. The molecule has 1 aromatic carbocycles. The second-order valence-corrected chi connectivity index (χ2v) is 6.79. The fourth-order valence-corrected chi connectivity index (χ4v) is 3.50. The van der Waals surface area contributed by atoms with Crippen LogP contribution in [0.5, 0.6) is 0 Å². The average Bonchev–Trinajstić information content (AvgIpc) is 3.21. The second kappa shape index (κ2) is 7.09. The number of benzene rings is 1. The summed E-state index contributed by atoms with van der Waals surface area (Å²) in [6.07, 6.45) is 6.31. The molecule has 0 radical (unpaired) electrons. The summed E-state index contributed by atoms with van der Waals surface area (Å²) in [5, 5.41) is 16.5. The fraction of sp³-hybridized carbons (Fsp3) is 0.421. The third-order valence-electron chi connectivity index (χ3n) is 4.64. The van der Waals surface area contributed by atoms with E-state index in [2.05, 4.69) is 10.4 Å². The second-order valence-electron chi connectivity index (χ2n) is 6.79. The van der Waals surface area contributed by atoms with Crippen LogP contribution in [0.25, 0.3) is 0 Å². The molecule has 1 heterocycles. The van der Waals surface area contributed by atoms with E-state index >= 15 is 0 Å². The van der Waals surface area contributed by atoms with Crippen molar-refractivity contribution in [3.8, 4) is 0 Å². The molecule has 0 bridgehead atoms. The molecule has 6 heteroatoms. The zero-order valence-corrected chi connectivity index (χ0v) is 14.5. The molecule has 0 spiro atoms. The lowest BCUT2D eigenvalue weighted by Gasteiger charge is -2.16. The average molecular weight is 341 g/mol. The molecule has 132 valence electrons. The Morgan fingerprint density at radius 3 is 2.44 bits per heavy atom. The molecule has 0 aliphatic heterocycles. The van der Waals surface area contributed by atoms with Gasteiger partial charge in [0.05, 0.1) is 6.04 Å². The molecule has 1 saturated carbocycles. The number of aliphatic carboxylic acids is 1. The van der Waals surface area contributed by atoms with Gasteiger partial charge in [0.2, 0.25) is 0 Å². The largest absolute Gasteiger partial charge is 0.479 e. The van der Waals surface area contributed by atoms with Crippen molar-refractivity contribution >= 4 is 11.9 Å². The first-order valence-electron chi connectivity index (χ1n) is 8.61. The molecular weight excluding hydrogens is 318 g/mol. The third-order valence-corrected chi connectivity index (χ3v) is 4.64. The highest BCUT2D eigenvalue weighted by Crippen LogP contribution is 2.28. The van der Waals surface area contributed by atoms with E-state index in [1.54, 1.807) is 24.4 Å². The molecule has 2 aromatic rings. The summed E-state index contributed by atoms with van der Waals surface area (Å²) in [4.78, 5) is 24.1. The number of nitrogens with one attached hydrogen (secondary N) is 1. The molecule has 1 aliphatic carbocycles. The van der Waals surface area contributed by atoms with E-state index < -0.39 is 17.9 Å². The number of carbonyl (C=O) groups excluding carboxylic acids is 1. The maximum Gasteiger partial charge on any atom is 0.330 e. The van der Waals surface area contributed by atoms with Crippen LogP contribution in [0.2, 0.25) is 0 Å². The standard InChI is InChI=1S/C19H23N3O3/c1-12-9-13(2)11-14(10-12)17(19(24)25)20-18(23)16-7-8-22(21-16)15-5-3-4-6-15/h7-11,15,17H,3-6H2,1-2H3,(H,20,23)(H,24,25). The van der Waals surface area contributed by atoms with Gasteiger partial charge in [0.1, 0.15) is 5.69 Å². The number of carboxylic acid groups (broad SMARTS) is 1. The Bertz CT molecular complexity index is 771. The van der Waals surface area contributed by atoms with Crippen molar-refractivity contribution in [2.45, 2.75) is 51.6 Å². The first-order valence-corrected chi connectivity index (χ1v) is 8.61. The predicted molar refractivity (Wildman–Crippen MR) is 93.5 cm³/mol. The minimum absolute atomic E-state index is 0.252. The highest BCUT2D eigenvalue weighted by molar-refractivity contribution is 5.95. The molecule has 1 aliphatic rings. The Kier molecular flexibility index (Phi) is 4.88. The van der Waals surface area contributed by atoms with Gasteiger partial charge in [-0.25, -0.2) is 4.79 Å². The van der Waals surface area contributed by atoms with Gasteiger partial charge in [-0.1, -0.05) is 42.2 Å². The van der Waals surface area contributed by atoms with Crippen LogP contribution in [0.15, 0.2) is 30.5 Å². The lowest BCUT2D eigenvalue weighted by molar-refractivity contribution is -0.139. The van der Waals surface area contributed by atoms with Crippen molar-refractivity contribution in [1.29, 1.82) is 0 Å². The minimum Gasteiger partial charge on any atom is -0.479 e. The van der Waals surface area contributed by atoms with Crippen LogP contribution in [0.3, 0.4) is 0 Å². The molecule has 3 rings (SSSR count). The summed E-state index contributed by atoms with van der Waals surface area (Å²) in [5.74, 6) is -1.56. The first-order chi connectivity index (χ1) is 11.9. The van der Waals surface area contributed by atoms with Crippen molar-refractivity contribution < 1.29 is 14.7 Å². The van der Waals surface area contributed by atoms with Crippen LogP contribution >= 0.6 is 0 Å². The first kappa shape index (κ1) is 17.2. The molecule has 6 nitrogen and oxygen atoms in total. The normalized spacial score (nSPS) is 15.9. The number of aromatic nitrogens is 2. The van der Waals surface area contributed by atoms with Gasteiger partial charge in [0.25, 0.3) is 5.91 Å². The van der Waals surface area contributed by atoms with Crippen LogP contribution in [-0.2, 0) is 4.79 Å². The molecule has 1 unspecified atom stereocenters. The van der Waals surface area contributed by atoms with Crippen molar-refractivity contribution in [3.63, 3.8) is 0 Å². The Morgan fingerprint density at radius 1 is 1.20 bits per heavy atom. The SMILES string of the molecule is Cc1cc(C)cc(C(NC(=O)c2ccn(C3CCCC3)n2)C(=O)O)c1. The van der Waals surface area contributed by atoms with Crippen LogP contribution in [0.1, 0.15) is 64.9 Å². The summed E-state index contributed by atoms with van der Waals surface area (Å²) < 4.78 is 1.83. The van der Waals surface area contributed by atoms with Crippen molar-refractivity contribution in [2.75, 3.05) is 0 Å². The smallest absolute Gasteiger partial charge is 0.330 e. The Balaban J connectivity index is 1.78. The van der Waals surface area contributed by atoms with Gasteiger partial charge < -0.3 is 10.4 Å². The molecule has 1 atom stereocenters. The van der Waals surface area contributed by atoms with Crippen molar-refractivity contribution in [2.24, 2.45) is 0 Å². The zero-order valence-electron chi connectivity index (χ0n) is 14.5. The third kappa shape index (κ3) is 3.90. The number of nitrogens with zero attached hydrogens (tertiary/aromatic N) is 2. The monoisotopic (exact) mass is 341 g/mol. The summed E-state index contributed by atoms with van der Waals surface area (Å²) in [5.41, 5.74) is 2.73. The summed E-state index contributed by atoms with van der Waals surface area (Å²) >= 11 is 0. The Labute approximate surface area is 146 Å². The lowest BCUT2D eigenvalue weighted by atomic mass is 10.0. The van der Waals surface area contributed by atoms with Crippen LogP contribution in [-0.4, -0.2) is 26.8 Å². The van der Waals surface area contributed by atoms with E-state index in [1.165, 1.54) is 12.8 Å². The number of amides is 1. The quantitative estimate of drug-likeness (QED) is 0.875. The summed E-state index contributed by atoms with van der Waals surface area (Å²) in [6.45, 7) is 3.81. The number of hydrogen-bond donors (Lipinski definition) is 2. The van der Waals surface area contributed by atoms with E-state index in [1.807, 2.05) is 24.6 Å². The molecular formula is C19H23N3O3. The molecule has 1 fully saturated rings. The number of hydrogen-bond acceptors (Lipinski definition) is 3. The van der Waals surface area contributed by atoms with E-state index in [0.717, 1.165) is 24.0 Å². The lowest BCUT2D eigenvalue weighted by Crippen LogP contribution is -2.34. The van der Waals surface area contributed by atoms with Crippen LogP contribution in [0, 0.1) is 13.8 Å². The summed E-state index contributed by atoms with van der Waals surface area (Å²) in [7, 11) is 0. The van der Waals surface area contributed by atoms with Gasteiger partial charge in [-0.15, -0.1) is 0 Å². The van der Waals surface area contributed by atoms with E-state index in [0.29, 0.717) is 11.6 Å². The molecule has 2 N–H and O–H groups in total. The van der Waals surface area contributed by atoms with E-state index in [9.17, 15) is 14.7 Å². The van der Waals surface area contributed by atoms with Gasteiger partial charge >= 0.3 is 5.97 Å². The van der Waals surface area contributed by atoms with E-state index in [4.69, 9.17) is 0 Å². The molecule has 1 aromatic heterocycles. The number of carbonyl (C=O) groups is 2. The van der Waals surface area contributed by atoms with Gasteiger partial charge in [-0.3, -0.25) is 9.48 Å². The number of carboxylic acids is 1. The van der Waals surface area contributed by atoms with Gasteiger partial charge in [0.15, 0.2) is 6.04 Å². The highest BCUT2D eigenvalue weighted by Gasteiger charge is 2.25. The molecule has 25 heavy (non-hydrogen) atoms. The molecule has 1 amide bonds. The topological polar surface area (TPSA) is 84.2 Å². The van der Waals surface area contributed by atoms with Crippen LogP contribution in [0.4, 0.5) is 0 Å². The Hall–Kier alpha value is -2.63. The van der Waals surface area contributed by atoms with Crippen LogP contribution < -0.4 is 5.32 Å². The van der Waals surface area contributed by atoms with Crippen molar-refractivity contribution in [3.05, 3.63) is 52.8 Å². The maximum absolute atomic E-state index is 12.5. The molecule has 0 saturated heterocycles. The van der Waals surface area contributed by atoms with E-state index in [-0.39, 0.29) is 5.69 Å². The van der Waals surface area contributed by atoms with Gasteiger partial charge in [0, 0.05) is 6.20 Å². The van der Waals surface area contributed by atoms with Gasteiger partial charge in [-0.2, -0.15) is 5.10 Å². The van der Waals surface area contributed by atoms with Gasteiger partial charge in [-0.05, 0) is 38.3 Å². The predicted octanol–water partition coefficient (Wildman–Crippen LogP) is 3.17. The Morgan fingerprint density at radius 2 is 1.84 bits per heavy atom. The zero-order chi connectivity index (χ0) is 18.0. The fourth-order valence-electron chi connectivity index (χ4n) is 3.50. The number of aryl methyl sites for hydroxylation is 2. The maximum atomic E-state index is 12.5. The minimum atomic E-state index is -1.09. The van der Waals surface area contributed by atoms with Crippen molar-refractivity contribution in [1.82, 2.24) is 15.1 Å². The number of rotatable bonds is 5. The summed E-state index contributed by atoms with van der Waals surface area (Å²) in [6, 6.07) is 6.42.